The van der Waals surface area contributed by atoms with E-state index in [4.69, 9.17) is 5.73 Å². The molecule has 38 heavy (non-hydrogen) atoms. The number of nitrogens with two attached hydrogens (primary N) is 1. The molecule has 5 rings (SSSR count). The van der Waals surface area contributed by atoms with E-state index in [1.807, 2.05) is 4.57 Å². The number of fused-ring (bicyclic) bond motifs is 1. The molecule has 0 spiro atoms. The number of hydrogen-bond donors (Lipinski definition) is 3. The van der Waals surface area contributed by atoms with Crippen molar-refractivity contribution in [2.24, 2.45) is 5.73 Å². The number of rotatable bonds is 6. The number of halogens is 5. The van der Waals surface area contributed by atoms with Crippen LogP contribution >= 0.6 is 24.8 Å². The van der Waals surface area contributed by atoms with Crippen LogP contribution in [0.3, 0.4) is 0 Å². The number of nitrogens with zero attached hydrogens (tertiary/aromatic N) is 4. The Labute approximate surface area is 231 Å². The van der Waals surface area contributed by atoms with Gasteiger partial charge < -0.3 is 15.6 Å². The summed E-state index contributed by atoms with van der Waals surface area (Å²) < 4.78 is 70.1. The molecule has 15 heteroatoms. The summed E-state index contributed by atoms with van der Waals surface area (Å²) in [5, 5.41) is 3.29. The predicted octanol–water partition coefficient (Wildman–Crippen LogP) is 5.29. The van der Waals surface area contributed by atoms with E-state index >= 15 is 0 Å². The molecule has 0 saturated heterocycles. The summed E-state index contributed by atoms with van der Waals surface area (Å²) in [6, 6.07) is 4.02. The summed E-state index contributed by atoms with van der Waals surface area (Å²) in [7, 11) is -4.39. The molecule has 9 nitrogen and oxygen atoms in total. The molecule has 2 heterocycles. The van der Waals surface area contributed by atoms with E-state index in [1.54, 1.807) is 6.33 Å². The van der Waals surface area contributed by atoms with Crippen molar-refractivity contribution in [2.45, 2.75) is 80.6 Å². The van der Waals surface area contributed by atoms with Gasteiger partial charge in [-0.05, 0) is 56.7 Å². The first kappa shape index (κ1) is 30.2. The number of sulfonamides is 1. The lowest BCUT2D eigenvalue weighted by Crippen LogP contribution is -2.33. The molecule has 2 aliphatic rings. The zero-order valence-electron chi connectivity index (χ0n) is 20.3. The van der Waals surface area contributed by atoms with E-state index in [0.717, 1.165) is 69.6 Å². The van der Waals surface area contributed by atoms with Crippen molar-refractivity contribution in [3.05, 3.63) is 36.2 Å². The molecule has 0 aliphatic heterocycles. The van der Waals surface area contributed by atoms with Crippen LogP contribution < -0.4 is 15.8 Å². The van der Waals surface area contributed by atoms with Crippen molar-refractivity contribution in [3.8, 4) is 0 Å². The van der Waals surface area contributed by atoms with Gasteiger partial charge in [-0.1, -0.05) is 18.9 Å². The van der Waals surface area contributed by atoms with Crippen LogP contribution in [0.1, 0.15) is 63.0 Å². The Morgan fingerprint density at radius 3 is 2.34 bits per heavy atom. The molecule has 210 valence electrons. The maximum atomic E-state index is 13.2. The highest BCUT2D eigenvalue weighted by Gasteiger charge is 2.32. The zero-order valence-corrected chi connectivity index (χ0v) is 22.8. The average molecular weight is 597 g/mol. The van der Waals surface area contributed by atoms with Crippen LogP contribution in [0.15, 0.2) is 35.5 Å². The fourth-order valence-corrected chi connectivity index (χ4v) is 6.03. The summed E-state index contributed by atoms with van der Waals surface area (Å²) in [5.41, 5.74) is 5.68. The lowest BCUT2D eigenvalue weighted by atomic mass is 9.92. The summed E-state index contributed by atoms with van der Waals surface area (Å²) >= 11 is 0. The van der Waals surface area contributed by atoms with E-state index in [1.165, 1.54) is 0 Å². The molecule has 2 aromatic heterocycles. The Bertz CT molecular complexity index is 1360. The van der Waals surface area contributed by atoms with E-state index in [0.29, 0.717) is 11.7 Å². The molecule has 0 unspecified atom stereocenters. The van der Waals surface area contributed by atoms with Crippen LogP contribution in [0, 0.1) is 0 Å². The summed E-state index contributed by atoms with van der Waals surface area (Å²) in [5.74, 6) is 0.161. The van der Waals surface area contributed by atoms with Gasteiger partial charge in [0.2, 0.25) is 5.95 Å². The van der Waals surface area contributed by atoms with E-state index < -0.39 is 26.7 Å². The molecule has 0 bridgehead atoms. The Balaban J connectivity index is 0.00000200. The van der Waals surface area contributed by atoms with E-state index in [-0.39, 0.29) is 60.2 Å². The smallest absolute Gasteiger partial charge is 0.351 e. The molecule has 2 aliphatic carbocycles. The van der Waals surface area contributed by atoms with Gasteiger partial charge in [0.25, 0.3) is 10.0 Å². The lowest BCUT2D eigenvalue weighted by Gasteiger charge is -2.27. The number of imidazole rings is 1. The van der Waals surface area contributed by atoms with Crippen LogP contribution in [-0.4, -0.2) is 40.0 Å². The van der Waals surface area contributed by atoms with Crippen molar-refractivity contribution in [3.63, 3.8) is 0 Å². The van der Waals surface area contributed by atoms with Gasteiger partial charge in [-0.15, -0.1) is 24.8 Å². The molecule has 4 N–H and O–H groups in total. The van der Waals surface area contributed by atoms with Crippen molar-refractivity contribution in [1.82, 2.24) is 19.5 Å². The van der Waals surface area contributed by atoms with E-state index in [9.17, 15) is 21.6 Å². The molecule has 0 amide bonds. The second kappa shape index (κ2) is 11.8. The third-order valence-electron chi connectivity index (χ3n) is 6.95. The second-order valence-electron chi connectivity index (χ2n) is 9.55. The van der Waals surface area contributed by atoms with Crippen LogP contribution in [0.25, 0.3) is 11.2 Å². The van der Waals surface area contributed by atoms with Crippen LogP contribution in [0.2, 0.25) is 0 Å². The van der Waals surface area contributed by atoms with Crippen molar-refractivity contribution in [2.75, 3.05) is 10.0 Å². The minimum atomic E-state index is -4.67. The fraction of sp³-hybridized carbons (Fsp3) is 0.522. The van der Waals surface area contributed by atoms with Gasteiger partial charge in [-0.3, -0.25) is 4.72 Å². The summed E-state index contributed by atoms with van der Waals surface area (Å²) in [6.07, 6.45) is 4.41. The lowest BCUT2D eigenvalue weighted by molar-refractivity contribution is -0.137. The molecule has 2 saturated carbocycles. The monoisotopic (exact) mass is 595 g/mol. The van der Waals surface area contributed by atoms with Gasteiger partial charge in [-0.25, -0.2) is 13.4 Å². The minimum absolute atomic E-state index is 0. The average Bonchev–Trinajstić information content (AvgIpc) is 3.50. The minimum Gasteiger partial charge on any atom is -0.351 e. The summed E-state index contributed by atoms with van der Waals surface area (Å²) in [4.78, 5) is 12.9. The number of hydrogen-bond acceptors (Lipinski definition) is 7. The van der Waals surface area contributed by atoms with Gasteiger partial charge in [0.15, 0.2) is 17.0 Å². The van der Waals surface area contributed by atoms with Crippen LogP contribution in [0.5, 0.6) is 0 Å². The number of anilines is 2. The van der Waals surface area contributed by atoms with E-state index in [2.05, 4.69) is 25.0 Å². The first-order valence-corrected chi connectivity index (χ1v) is 13.6. The van der Waals surface area contributed by atoms with Gasteiger partial charge >= 0.3 is 6.18 Å². The third-order valence-corrected chi connectivity index (χ3v) is 8.28. The fourth-order valence-electron chi connectivity index (χ4n) is 4.97. The maximum Gasteiger partial charge on any atom is 0.416 e. The maximum absolute atomic E-state index is 13.2. The van der Waals surface area contributed by atoms with Gasteiger partial charge in [0, 0.05) is 18.1 Å². The molecular formula is C23H30Cl2F3N7O2S. The molecular weight excluding hydrogens is 566 g/mol. The largest absolute Gasteiger partial charge is 0.416 e. The Hall–Kier alpha value is -2.35. The second-order valence-corrected chi connectivity index (χ2v) is 11.2. The first-order chi connectivity index (χ1) is 17.1. The quantitative estimate of drug-likeness (QED) is 0.353. The highest BCUT2D eigenvalue weighted by atomic mass is 35.5. The first-order valence-electron chi connectivity index (χ1n) is 12.1. The molecule has 3 aromatic rings. The number of alkyl halides is 3. The SMILES string of the molecule is Cl.Cl.NC1CCC(Nc2nc(NS(=O)(=O)c3cccc(C(F)(F)F)c3)c3ncn(C4CCCC4)c3n2)CC1. The van der Waals surface area contributed by atoms with Crippen LogP contribution in [0.4, 0.5) is 24.9 Å². The van der Waals surface area contributed by atoms with Gasteiger partial charge in [-0.2, -0.15) is 23.1 Å². The Morgan fingerprint density at radius 2 is 1.68 bits per heavy atom. The number of aromatic nitrogens is 4. The molecule has 0 atom stereocenters. The zero-order chi connectivity index (χ0) is 25.5. The number of nitrogens with one attached hydrogen (secondary N) is 2. The Morgan fingerprint density at radius 1 is 1.00 bits per heavy atom. The van der Waals surface area contributed by atoms with Crippen LogP contribution in [-0.2, 0) is 16.2 Å². The third kappa shape index (κ3) is 6.44. The normalized spacial score (nSPS) is 20.5. The molecule has 2 fully saturated rings. The number of benzene rings is 1. The van der Waals surface area contributed by atoms with Gasteiger partial charge in [0.1, 0.15) is 0 Å². The Kier molecular flexibility index (Phi) is 9.38. The highest BCUT2D eigenvalue weighted by molar-refractivity contribution is 7.92. The topological polar surface area (TPSA) is 128 Å². The van der Waals surface area contributed by atoms with Crippen molar-refractivity contribution < 1.29 is 21.6 Å². The van der Waals surface area contributed by atoms with Gasteiger partial charge in [0.05, 0.1) is 16.8 Å². The standard InChI is InChI=1S/C23H28F3N7O2S.2ClH/c24-23(25,26)14-4-3-7-18(12-14)36(34,35)32-20-19-21(33(13-28-19)17-5-1-2-6-17)31-22(30-20)29-16-10-8-15(27)9-11-16;;/h3-4,7,12-13,15-17H,1-2,5-6,8-11,27H2,(H2,29,30,31,32);2*1H. The molecule has 1 aromatic carbocycles. The van der Waals surface area contributed by atoms with Crippen molar-refractivity contribution in [1.29, 1.82) is 0 Å². The highest BCUT2D eigenvalue weighted by Crippen LogP contribution is 2.34. The molecule has 0 radical (unpaired) electrons. The summed E-state index contributed by atoms with van der Waals surface area (Å²) in [6.45, 7) is 0. The predicted molar refractivity (Wildman–Crippen MR) is 143 cm³/mol. The van der Waals surface area contributed by atoms with Crippen molar-refractivity contribution >= 4 is 57.8 Å².